The van der Waals surface area contributed by atoms with Gasteiger partial charge in [0, 0.05) is 27.7 Å². The van der Waals surface area contributed by atoms with Crippen LogP contribution in [-0.4, -0.2) is 78.1 Å². The van der Waals surface area contributed by atoms with Gasteiger partial charge in [-0.2, -0.15) is 13.2 Å². The van der Waals surface area contributed by atoms with Crippen molar-refractivity contribution in [2.75, 3.05) is 11.9 Å². The second kappa shape index (κ2) is 11.4. The maximum absolute atomic E-state index is 12.7. The van der Waals surface area contributed by atoms with E-state index < -0.39 is 78.0 Å². The molecule has 0 aliphatic carbocycles. The molecule has 1 N–H and O–H groups in total. The molecule has 0 saturated carbocycles. The van der Waals surface area contributed by atoms with Gasteiger partial charge in [0.25, 0.3) is 5.78 Å². The Morgan fingerprint density at radius 2 is 1.49 bits per heavy atom. The van der Waals surface area contributed by atoms with Gasteiger partial charge in [-0.05, 0) is 0 Å². The molecule has 1 aromatic rings. The molecule has 12 nitrogen and oxygen atoms in total. The molecule has 35 heavy (non-hydrogen) atoms. The van der Waals surface area contributed by atoms with Crippen molar-refractivity contribution in [3.8, 4) is 0 Å². The van der Waals surface area contributed by atoms with Crippen LogP contribution < -0.4 is 5.32 Å². The molecule has 0 amide bonds. The zero-order valence-corrected chi connectivity index (χ0v) is 19.6. The van der Waals surface area contributed by atoms with Gasteiger partial charge in [-0.1, -0.05) is 11.3 Å². The summed E-state index contributed by atoms with van der Waals surface area (Å²) in [4.78, 5) is 61.0. The van der Waals surface area contributed by atoms with Crippen LogP contribution in [0.1, 0.15) is 37.4 Å². The summed E-state index contributed by atoms with van der Waals surface area (Å²) >= 11 is 0.338. The van der Waals surface area contributed by atoms with Gasteiger partial charge in [0.1, 0.15) is 17.6 Å². The van der Waals surface area contributed by atoms with Gasteiger partial charge in [-0.25, -0.2) is 4.98 Å². The lowest BCUT2D eigenvalue weighted by Gasteiger charge is -2.44. The van der Waals surface area contributed by atoms with Crippen molar-refractivity contribution in [1.29, 1.82) is 0 Å². The number of nitrogens with zero attached hydrogens (tertiary/aromatic N) is 1. The normalized spacial score (nSPS) is 24.1. The van der Waals surface area contributed by atoms with Crippen LogP contribution in [0.5, 0.6) is 0 Å². The highest BCUT2D eigenvalue weighted by Gasteiger charge is 2.52. The molecule has 1 fully saturated rings. The number of Topliss-reactive ketones (excluding diaryl/α,β-unsaturated/α-hetero) is 1. The Hall–Kier alpha value is -3.27. The van der Waals surface area contributed by atoms with Crippen LogP contribution in [0.3, 0.4) is 0 Å². The summed E-state index contributed by atoms with van der Waals surface area (Å²) in [6.45, 7) is 3.71. The maximum atomic E-state index is 12.7. The fourth-order valence-electron chi connectivity index (χ4n) is 3.05. The fourth-order valence-corrected chi connectivity index (χ4v) is 3.85. The number of rotatable bonds is 8. The van der Waals surface area contributed by atoms with Crippen molar-refractivity contribution in [2.45, 2.75) is 64.5 Å². The van der Waals surface area contributed by atoms with E-state index in [2.05, 4.69) is 10.3 Å². The third-order valence-corrected chi connectivity index (χ3v) is 5.17. The van der Waals surface area contributed by atoms with Crippen LogP contribution >= 0.6 is 11.3 Å². The molecule has 2 rings (SSSR count). The third kappa shape index (κ3) is 7.88. The molecule has 0 aromatic carbocycles. The van der Waals surface area contributed by atoms with E-state index in [4.69, 9.17) is 23.7 Å². The maximum Gasteiger partial charge on any atom is 0.455 e. The second-order valence-electron chi connectivity index (χ2n) is 7.12. The van der Waals surface area contributed by atoms with Gasteiger partial charge >= 0.3 is 30.1 Å². The van der Waals surface area contributed by atoms with Crippen LogP contribution in [0.25, 0.3) is 0 Å². The molecule has 5 atom stereocenters. The number of hydrogen-bond donors (Lipinski definition) is 1. The number of ether oxygens (including phenoxy) is 5. The molecule has 1 saturated heterocycles. The molecular weight excluding hydrogens is 505 g/mol. The SMILES string of the molecule is CC(=O)OC[C@H]1O[C@H](Nc2ncc(C(=O)C(F)(F)F)s2)[C@@H](OC(C)=O)[C@@H](OC(C)=O)[C@@H]1OC(C)=O. The monoisotopic (exact) mass is 526 g/mol. The average molecular weight is 526 g/mol. The molecular formula is C19H21F3N2O10S. The standard InChI is InChI=1S/C19H21F3N2O10S/c1-7(25)30-6-11-13(31-8(2)26)14(32-9(3)27)15(33-10(4)28)17(34-11)24-18-23-5-12(35-18)16(29)19(20,21)22/h5,11,13-15,17H,6H2,1-4H3,(H,23,24)/t11-,13-,14+,15+,17+/m1/s1. The number of ketones is 1. The lowest BCUT2D eigenvalue weighted by atomic mass is 9.97. The minimum Gasteiger partial charge on any atom is -0.463 e. The van der Waals surface area contributed by atoms with Gasteiger partial charge in [0.05, 0.1) is 6.20 Å². The van der Waals surface area contributed by atoms with Gasteiger partial charge in [-0.3, -0.25) is 24.0 Å². The van der Waals surface area contributed by atoms with E-state index in [9.17, 15) is 37.1 Å². The van der Waals surface area contributed by atoms with Crippen LogP contribution in [0.4, 0.5) is 18.3 Å². The van der Waals surface area contributed by atoms with Crippen molar-refractivity contribution >= 4 is 46.1 Å². The van der Waals surface area contributed by atoms with Gasteiger partial charge < -0.3 is 29.0 Å². The molecule has 194 valence electrons. The van der Waals surface area contributed by atoms with Crippen LogP contribution in [-0.2, 0) is 42.9 Å². The van der Waals surface area contributed by atoms with E-state index >= 15 is 0 Å². The van der Waals surface area contributed by atoms with Crippen molar-refractivity contribution < 1.29 is 60.8 Å². The highest BCUT2D eigenvalue weighted by atomic mass is 32.1. The summed E-state index contributed by atoms with van der Waals surface area (Å²) in [5.41, 5.74) is 0. The summed E-state index contributed by atoms with van der Waals surface area (Å²) in [6, 6.07) is 0. The van der Waals surface area contributed by atoms with Crippen molar-refractivity contribution in [2.24, 2.45) is 0 Å². The van der Waals surface area contributed by atoms with Crippen LogP contribution in [0.15, 0.2) is 6.20 Å². The minimum atomic E-state index is -5.13. The van der Waals surface area contributed by atoms with Crippen LogP contribution in [0.2, 0.25) is 0 Å². The molecule has 1 aliphatic rings. The first-order chi connectivity index (χ1) is 16.2. The molecule has 1 aliphatic heterocycles. The number of carbonyl (C=O) groups is 5. The highest BCUT2D eigenvalue weighted by Crippen LogP contribution is 2.32. The summed E-state index contributed by atoms with van der Waals surface area (Å²) in [5.74, 6) is -5.39. The number of thiazole rings is 1. The van der Waals surface area contributed by atoms with E-state index in [0.29, 0.717) is 17.5 Å². The zero-order valence-electron chi connectivity index (χ0n) is 18.7. The number of carbonyl (C=O) groups excluding carboxylic acids is 5. The minimum absolute atomic E-state index is 0.238. The zero-order chi connectivity index (χ0) is 26.5. The van der Waals surface area contributed by atoms with Gasteiger partial charge in [0.2, 0.25) is 0 Å². The Kier molecular flexibility index (Phi) is 9.14. The topological polar surface area (TPSA) is 156 Å². The van der Waals surface area contributed by atoms with E-state index in [1.807, 2.05) is 0 Å². The summed E-state index contributed by atoms with van der Waals surface area (Å²) < 4.78 is 64.5. The van der Waals surface area contributed by atoms with E-state index in [1.165, 1.54) is 0 Å². The smallest absolute Gasteiger partial charge is 0.455 e. The Bertz CT molecular complexity index is 982. The van der Waals surface area contributed by atoms with E-state index in [0.717, 1.165) is 27.7 Å². The highest BCUT2D eigenvalue weighted by molar-refractivity contribution is 7.17. The Morgan fingerprint density at radius 1 is 0.943 bits per heavy atom. The van der Waals surface area contributed by atoms with Gasteiger partial charge in [-0.15, -0.1) is 0 Å². The number of anilines is 1. The number of hydrogen-bond acceptors (Lipinski definition) is 13. The van der Waals surface area contributed by atoms with Gasteiger partial charge in [0.15, 0.2) is 29.7 Å². The lowest BCUT2D eigenvalue weighted by molar-refractivity contribution is -0.247. The van der Waals surface area contributed by atoms with Crippen LogP contribution in [0, 0.1) is 0 Å². The Balaban J connectivity index is 2.44. The molecule has 0 radical (unpaired) electrons. The number of nitrogens with one attached hydrogen (secondary N) is 1. The first-order valence-corrected chi connectivity index (χ1v) is 10.6. The Labute approximate surface area is 200 Å². The van der Waals surface area contributed by atoms with E-state index in [-0.39, 0.29) is 5.13 Å². The van der Waals surface area contributed by atoms with Crippen molar-refractivity contribution in [3.63, 3.8) is 0 Å². The molecule has 2 heterocycles. The first-order valence-electron chi connectivity index (χ1n) is 9.83. The molecule has 0 bridgehead atoms. The number of alkyl halides is 3. The quantitative estimate of drug-likeness (QED) is 0.295. The predicted molar refractivity (Wildman–Crippen MR) is 108 cm³/mol. The number of halogens is 3. The fraction of sp³-hybridized carbons (Fsp3) is 0.579. The van der Waals surface area contributed by atoms with E-state index in [1.54, 1.807) is 0 Å². The molecule has 16 heteroatoms. The predicted octanol–water partition coefficient (Wildman–Crippen LogP) is 1.38. The largest absolute Gasteiger partial charge is 0.463 e. The Morgan fingerprint density at radius 3 is 2.00 bits per heavy atom. The molecule has 1 aromatic heterocycles. The molecule has 0 unspecified atom stereocenters. The number of aromatic nitrogens is 1. The van der Waals surface area contributed by atoms with Crippen molar-refractivity contribution in [1.82, 2.24) is 4.98 Å². The summed E-state index contributed by atoms with van der Waals surface area (Å²) in [6.07, 6.45) is -11.5. The summed E-state index contributed by atoms with van der Waals surface area (Å²) in [5, 5.41) is 2.34. The first kappa shape index (κ1) is 28.0. The van der Waals surface area contributed by atoms with Crippen molar-refractivity contribution in [3.05, 3.63) is 11.1 Å². The molecule has 0 spiro atoms. The third-order valence-electron chi connectivity index (χ3n) is 4.24. The summed E-state index contributed by atoms with van der Waals surface area (Å²) in [7, 11) is 0. The average Bonchev–Trinajstić information content (AvgIpc) is 3.17. The number of esters is 4. The lowest BCUT2D eigenvalue weighted by Crippen LogP contribution is -2.64. The second-order valence-corrected chi connectivity index (χ2v) is 8.15.